The topological polar surface area (TPSA) is 58.6 Å². The predicted octanol–water partition coefficient (Wildman–Crippen LogP) is 5.89. The lowest BCUT2D eigenvalue weighted by atomic mass is 10.1. The third-order valence-corrected chi connectivity index (χ3v) is 5.77. The van der Waals surface area contributed by atoms with E-state index in [-0.39, 0.29) is 6.42 Å². The first kappa shape index (κ1) is 19.5. The molecule has 138 valence electrons. The molecular formula is C19H18Br2ClNO3. The highest BCUT2D eigenvalue weighted by Crippen LogP contribution is 2.37. The van der Waals surface area contributed by atoms with Crippen LogP contribution in [0.3, 0.4) is 0 Å². The lowest BCUT2D eigenvalue weighted by Gasteiger charge is -2.15. The van der Waals surface area contributed by atoms with E-state index in [1.165, 1.54) is 12.8 Å². The normalized spacial score (nSPS) is 13.5. The average Bonchev–Trinajstić information content (AvgIpc) is 3.38. The van der Waals surface area contributed by atoms with Crippen LogP contribution in [0.25, 0.3) is 0 Å². The van der Waals surface area contributed by atoms with Crippen LogP contribution in [0.1, 0.15) is 24.0 Å². The Balaban J connectivity index is 1.70. The summed E-state index contributed by atoms with van der Waals surface area (Å²) in [5.41, 5.74) is 2.50. The minimum atomic E-state index is -0.875. The Morgan fingerprint density at radius 3 is 2.58 bits per heavy atom. The Morgan fingerprint density at radius 1 is 1.27 bits per heavy atom. The highest BCUT2D eigenvalue weighted by molar-refractivity contribution is 9.11. The maximum atomic E-state index is 10.9. The van der Waals surface area contributed by atoms with Crippen LogP contribution >= 0.6 is 43.5 Å². The van der Waals surface area contributed by atoms with Crippen LogP contribution < -0.4 is 10.1 Å². The fourth-order valence-corrected chi connectivity index (χ4v) is 4.34. The molecule has 0 spiro atoms. The zero-order valence-electron chi connectivity index (χ0n) is 13.9. The largest absolute Gasteiger partial charge is 0.486 e. The van der Waals surface area contributed by atoms with Crippen molar-refractivity contribution in [2.75, 3.05) is 11.9 Å². The van der Waals surface area contributed by atoms with Crippen molar-refractivity contribution in [2.24, 2.45) is 5.92 Å². The van der Waals surface area contributed by atoms with Gasteiger partial charge in [-0.25, -0.2) is 0 Å². The summed E-state index contributed by atoms with van der Waals surface area (Å²) in [5.74, 6) is 0.508. The number of benzene rings is 2. The molecule has 0 bridgehead atoms. The molecule has 2 aromatic rings. The maximum absolute atomic E-state index is 10.9. The summed E-state index contributed by atoms with van der Waals surface area (Å²) in [5, 5.41) is 13.0. The Bertz CT molecular complexity index is 801. The monoisotopic (exact) mass is 501 g/mol. The molecule has 3 rings (SSSR count). The van der Waals surface area contributed by atoms with E-state index in [9.17, 15) is 4.79 Å². The molecule has 1 aliphatic rings. The van der Waals surface area contributed by atoms with Crippen LogP contribution in [-0.4, -0.2) is 17.6 Å². The number of nitrogens with one attached hydrogen (secondary N) is 1. The van der Waals surface area contributed by atoms with E-state index in [0.29, 0.717) is 31.9 Å². The number of ether oxygens (including phenoxy) is 1. The number of hydrogen-bond donors (Lipinski definition) is 2. The molecule has 2 aromatic carbocycles. The number of carboxylic acid groups (broad SMARTS) is 1. The van der Waals surface area contributed by atoms with E-state index in [2.05, 4.69) is 37.2 Å². The van der Waals surface area contributed by atoms with Gasteiger partial charge in [0.25, 0.3) is 0 Å². The first-order valence-electron chi connectivity index (χ1n) is 8.28. The molecule has 0 aromatic heterocycles. The predicted molar refractivity (Wildman–Crippen MR) is 110 cm³/mol. The Hall–Kier alpha value is -1.24. The minimum Gasteiger partial charge on any atom is -0.486 e. The summed E-state index contributed by atoms with van der Waals surface area (Å²) in [4.78, 5) is 10.9. The zero-order valence-corrected chi connectivity index (χ0v) is 17.8. The Labute approximate surface area is 174 Å². The number of anilines is 1. The molecule has 4 nitrogen and oxygen atoms in total. The van der Waals surface area contributed by atoms with Gasteiger partial charge in [0.05, 0.1) is 26.1 Å². The molecule has 2 N–H and O–H groups in total. The van der Waals surface area contributed by atoms with Gasteiger partial charge < -0.3 is 15.2 Å². The van der Waals surface area contributed by atoms with Crippen molar-refractivity contribution < 1.29 is 14.6 Å². The Kier molecular flexibility index (Phi) is 6.48. The van der Waals surface area contributed by atoms with E-state index in [0.717, 1.165) is 23.7 Å². The van der Waals surface area contributed by atoms with Crippen molar-refractivity contribution in [1.82, 2.24) is 0 Å². The molecule has 0 saturated heterocycles. The second-order valence-corrected chi connectivity index (χ2v) is 8.44. The molecule has 0 radical (unpaired) electrons. The molecule has 0 aliphatic heterocycles. The SMILES string of the molecule is O=C(O)Cc1cc(Br)c(OCc2cccc(NCC3CC3)c2Cl)c(Br)c1. The van der Waals surface area contributed by atoms with E-state index < -0.39 is 5.97 Å². The molecule has 0 atom stereocenters. The fourth-order valence-electron chi connectivity index (χ4n) is 2.58. The quantitative estimate of drug-likeness (QED) is 0.472. The first-order valence-corrected chi connectivity index (χ1v) is 10.2. The highest BCUT2D eigenvalue weighted by atomic mass is 79.9. The van der Waals surface area contributed by atoms with Gasteiger partial charge in [-0.05, 0) is 74.4 Å². The number of rotatable bonds is 8. The molecule has 7 heteroatoms. The summed E-state index contributed by atoms with van der Waals surface area (Å²) in [7, 11) is 0. The number of carboxylic acids is 1. The summed E-state index contributed by atoms with van der Waals surface area (Å²) >= 11 is 13.4. The molecular weight excluding hydrogens is 485 g/mol. The Morgan fingerprint density at radius 2 is 1.96 bits per heavy atom. The van der Waals surface area contributed by atoms with E-state index >= 15 is 0 Å². The van der Waals surface area contributed by atoms with Gasteiger partial charge in [-0.2, -0.15) is 0 Å². The van der Waals surface area contributed by atoms with Crippen LogP contribution in [0.15, 0.2) is 39.3 Å². The molecule has 1 fully saturated rings. The average molecular weight is 504 g/mol. The summed E-state index contributed by atoms with van der Waals surface area (Å²) in [6, 6.07) is 9.37. The van der Waals surface area contributed by atoms with Gasteiger partial charge in [0.2, 0.25) is 0 Å². The van der Waals surface area contributed by atoms with Gasteiger partial charge in [-0.1, -0.05) is 23.7 Å². The van der Waals surface area contributed by atoms with Crippen molar-refractivity contribution in [3.8, 4) is 5.75 Å². The second kappa shape index (κ2) is 8.63. The molecule has 1 aliphatic carbocycles. The molecule has 0 unspecified atom stereocenters. The van der Waals surface area contributed by atoms with Crippen LogP contribution in [0.2, 0.25) is 5.02 Å². The van der Waals surface area contributed by atoms with Crippen LogP contribution in [0.5, 0.6) is 5.75 Å². The van der Waals surface area contributed by atoms with Crippen LogP contribution in [-0.2, 0) is 17.8 Å². The van der Waals surface area contributed by atoms with Gasteiger partial charge in [0.15, 0.2) is 0 Å². The lowest BCUT2D eigenvalue weighted by molar-refractivity contribution is -0.136. The number of carbonyl (C=O) groups is 1. The van der Waals surface area contributed by atoms with Crippen molar-refractivity contribution in [3.05, 3.63) is 55.4 Å². The zero-order chi connectivity index (χ0) is 18.7. The van der Waals surface area contributed by atoms with Gasteiger partial charge in [-0.15, -0.1) is 0 Å². The molecule has 26 heavy (non-hydrogen) atoms. The van der Waals surface area contributed by atoms with Crippen molar-refractivity contribution in [3.63, 3.8) is 0 Å². The summed E-state index contributed by atoms with van der Waals surface area (Å²) in [6.07, 6.45) is 2.53. The highest BCUT2D eigenvalue weighted by Gasteiger charge is 2.21. The molecule has 0 heterocycles. The third-order valence-electron chi connectivity index (χ3n) is 4.14. The lowest BCUT2D eigenvalue weighted by Crippen LogP contribution is -2.06. The molecule has 1 saturated carbocycles. The first-order chi connectivity index (χ1) is 12.4. The van der Waals surface area contributed by atoms with Gasteiger partial charge >= 0.3 is 5.97 Å². The maximum Gasteiger partial charge on any atom is 0.307 e. The van der Waals surface area contributed by atoms with Gasteiger partial charge in [0, 0.05) is 12.1 Å². The van der Waals surface area contributed by atoms with Crippen LogP contribution in [0, 0.1) is 5.92 Å². The van der Waals surface area contributed by atoms with E-state index in [1.54, 1.807) is 12.1 Å². The van der Waals surface area contributed by atoms with Crippen molar-refractivity contribution >= 4 is 55.1 Å². The van der Waals surface area contributed by atoms with Crippen molar-refractivity contribution in [2.45, 2.75) is 25.9 Å². The standard InChI is InChI=1S/C19H18Br2ClNO3/c20-14-6-12(8-17(24)25)7-15(21)19(14)26-10-13-2-1-3-16(18(13)22)23-9-11-4-5-11/h1-3,6-7,11,23H,4-5,8-10H2,(H,24,25). The third kappa shape index (κ3) is 5.15. The fraction of sp³-hybridized carbons (Fsp3) is 0.316. The van der Waals surface area contributed by atoms with Gasteiger partial charge in [0.1, 0.15) is 12.4 Å². The number of aliphatic carboxylic acids is 1. The number of halogens is 3. The van der Waals surface area contributed by atoms with E-state index in [1.807, 2.05) is 18.2 Å². The molecule has 0 amide bonds. The minimum absolute atomic E-state index is 0.0436. The second-order valence-electron chi connectivity index (χ2n) is 6.35. The number of hydrogen-bond acceptors (Lipinski definition) is 3. The van der Waals surface area contributed by atoms with Crippen LogP contribution in [0.4, 0.5) is 5.69 Å². The summed E-state index contributed by atoms with van der Waals surface area (Å²) < 4.78 is 7.33. The summed E-state index contributed by atoms with van der Waals surface area (Å²) in [6.45, 7) is 1.26. The van der Waals surface area contributed by atoms with Gasteiger partial charge in [-0.3, -0.25) is 4.79 Å². The van der Waals surface area contributed by atoms with Crippen molar-refractivity contribution in [1.29, 1.82) is 0 Å². The van der Waals surface area contributed by atoms with E-state index in [4.69, 9.17) is 21.4 Å². The smallest absolute Gasteiger partial charge is 0.307 e.